The minimum absolute atomic E-state index is 0.350. The molecule has 0 aliphatic heterocycles. The van der Waals surface area contributed by atoms with E-state index in [1.165, 1.54) is 31.1 Å². The van der Waals surface area contributed by atoms with Crippen molar-refractivity contribution in [2.75, 3.05) is 39.5 Å². The molecule has 1 aliphatic carbocycles. The van der Waals surface area contributed by atoms with E-state index in [1.54, 1.807) is 12.1 Å². The van der Waals surface area contributed by atoms with Crippen LogP contribution >= 0.6 is 11.8 Å². The van der Waals surface area contributed by atoms with Crippen LogP contribution in [0, 0.1) is 5.41 Å². The number of hydrogen-bond acceptors (Lipinski definition) is 8. The number of nitrogens with zero attached hydrogens (tertiary/aromatic N) is 1. The summed E-state index contributed by atoms with van der Waals surface area (Å²) in [5.41, 5.74) is 11.6. The lowest BCUT2D eigenvalue weighted by Gasteiger charge is -2.23. The van der Waals surface area contributed by atoms with E-state index in [-0.39, 0.29) is 0 Å². The highest BCUT2D eigenvalue weighted by Crippen LogP contribution is 2.20. The number of nitrogens with one attached hydrogen (secondary N) is 4. The van der Waals surface area contributed by atoms with E-state index in [0.717, 1.165) is 40.1 Å². The summed E-state index contributed by atoms with van der Waals surface area (Å²) < 4.78 is 0. The van der Waals surface area contributed by atoms with Gasteiger partial charge >= 0.3 is 0 Å². The molecule has 2 rings (SSSR count). The summed E-state index contributed by atoms with van der Waals surface area (Å²) in [7, 11) is 6.09. The van der Waals surface area contributed by atoms with Gasteiger partial charge in [-0.15, -0.1) is 11.8 Å². The van der Waals surface area contributed by atoms with Gasteiger partial charge in [-0.25, -0.2) is 0 Å². The summed E-state index contributed by atoms with van der Waals surface area (Å²) in [5.74, 6) is 0. The van der Waals surface area contributed by atoms with Crippen molar-refractivity contribution in [3.63, 3.8) is 0 Å². The summed E-state index contributed by atoms with van der Waals surface area (Å²) in [6.07, 6.45) is 14.5. The predicted octanol–water partition coefficient (Wildman–Crippen LogP) is 6.64. The summed E-state index contributed by atoms with van der Waals surface area (Å²) >= 11 is 1.49. The largest absolute Gasteiger partial charge is 0.398 e. The molecule has 0 spiro atoms. The van der Waals surface area contributed by atoms with E-state index >= 15 is 0 Å². The number of amides is 1. The lowest BCUT2D eigenvalue weighted by Crippen LogP contribution is -2.32. The normalized spacial score (nSPS) is 13.5. The number of aldehydes is 1. The monoisotopic (exact) mass is 622 g/mol. The van der Waals surface area contributed by atoms with Crippen LogP contribution in [0.4, 0.5) is 5.69 Å². The van der Waals surface area contributed by atoms with Crippen molar-refractivity contribution in [3.05, 3.63) is 93.6 Å². The van der Waals surface area contributed by atoms with Crippen molar-refractivity contribution in [2.45, 2.75) is 59.4 Å². The van der Waals surface area contributed by atoms with Gasteiger partial charge in [-0.3, -0.25) is 4.79 Å². The zero-order valence-corrected chi connectivity index (χ0v) is 28.5. The van der Waals surface area contributed by atoms with Crippen LogP contribution in [0.1, 0.15) is 58.9 Å². The highest BCUT2D eigenvalue weighted by molar-refractivity contribution is 8.05. The van der Waals surface area contributed by atoms with Crippen molar-refractivity contribution in [1.82, 2.24) is 15.5 Å². The van der Waals surface area contributed by atoms with Crippen molar-refractivity contribution in [3.8, 4) is 0 Å². The number of rotatable bonds is 16. The zero-order valence-electron chi connectivity index (χ0n) is 27.7. The molecule has 6 N–H and O–H groups in total. The zero-order chi connectivity index (χ0) is 33.3. The Labute approximate surface area is 270 Å². The van der Waals surface area contributed by atoms with E-state index < -0.39 is 0 Å². The number of anilines is 1. The molecule has 0 heterocycles. The second-order valence-corrected chi connectivity index (χ2v) is 11.3. The predicted molar refractivity (Wildman–Crippen MR) is 193 cm³/mol. The number of carbonyl (C=O) groups is 2. The first-order valence-corrected chi connectivity index (χ1v) is 15.8. The van der Waals surface area contributed by atoms with E-state index in [0.29, 0.717) is 42.4 Å². The van der Waals surface area contributed by atoms with Gasteiger partial charge in [0.1, 0.15) is 6.29 Å². The van der Waals surface area contributed by atoms with Gasteiger partial charge in [-0.05, 0) is 107 Å². The van der Waals surface area contributed by atoms with Gasteiger partial charge in [0.25, 0.3) is 0 Å². The second kappa shape index (κ2) is 24.7. The average molecular weight is 623 g/mol. The lowest BCUT2D eigenvalue weighted by molar-refractivity contribution is -0.107. The van der Waals surface area contributed by atoms with Gasteiger partial charge in [0.05, 0.1) is 5.71 Å². The summed E-state index contributed by atoms with van der Waals surface area (Å²) in [6.45, 7) is 14.4. The van der Waals surface area contributed by atoms with E-state index in [9.17, 15) is 9.59 Å². The van der Waals surface area contributed by atoms with Crippen LogP contribution in [0.5, 0.6) is 0 Å². The highest BCUT2D eigenvalue weighted by atomic mass is 32.2. The van der Waals surface area contributed by atoms with Crippen LogP contribution < -0.4 is 21.7 Å². The minimum Gasteiger partial charge on any atom is -0.398 e. The third kappa shape index (κ3) is 17.5. The molecule has 9 heteroatoms. The molecule has 0 fully saturated rings. The minimum atomic E-state index is 0.350. The number of thioether (sulfide) groups is 1. The Morgan fingerprint density at radius 1 is 1.27 bits per heavy atom. The number of hydrogen-bond donors (Lipinski definition) is 5. The molecule has 0 saturated carbocycles. The van der Waals surface area contributed by atoms with Crippen LogP contribution in [0.2, 0.25) is 0 Å². The second-order valence-electron chi connectivity index (χ2n) is 10.2. The average Bonchev–Trinajstić information content (AvgIpc) is 3.15. The molecule has 1 atom stereocenters. The van der Waals surface area contributed by atoms with Crippen LogP contribution in [0.15, 0.2) is 88.0 Å². The van der Waals surface area contributed by atoms with E-state index in [4.69, 9.17) is 11.1 Å². The third-order valence-corrected chi connectivity index (χ3v) is 7.55. The van der Waals surface area contributed by atoms with E-state index in [1.807, 2.05) is 75.9 Å². The van der Waals surface area contributed by atoms with Crippen molar-refractivity contribution < 1.29 is 9.59 Å². The van der Waals surface area contributed by atoms with Gasteiger partial charge in [-0.2, -0.15) is 0 Å². The first-order chi connectivity index (χ1) is 21.1. The smallest absolute Gasteiger partial charge is 0.211 e. The van der Waals surface area contributed by atoms with Crippen LogP contribution in [0.3, 0.4) is 0 Å². The van der Waals surface area contributed by atoms with Gasteiger partial charge < -0.3 is 36.8 Å². The molecule has 1 aromatic rings. The molecule has 0 saturated heterocycles. The summed E-state index contributed by atoms with van der Waals surface area (Å²) in [5, 5.41) is 19.1. The molecule has 0 radical (unpaired) electrons. The van der Waals surface area contributed by atoms with E-state index in [2.05, 4.69) is 48.3 Å². The highest BCUT2D eigenvalue weighted by Gasteiger charge is 2.11. The summed E-state index contributed by atoms with van der Waals surface area (Å²) in [6, 6.07) is 8.11. The van der Waals surface area contributed by atoms with Crippen molar-refractivity contribution >= 4 is 41.9 Å². The Hall–Kier alpha value is -3.66. The molecule has 0 bridgehead atoms. The Kier molecular flexibility index (Phi) is 22.7. The Bertz CT molecular complexity index is 1200. The Morgan fingerprint density at radius 2 is 2.00 bits per heavy atom. The molecule has 1 amide bonds. The van der Waals surface area contributed by atoms with Crippen molar-refractivity contribution in [1.29, 1.82) is 5.41 Å². The fourth-order valence-corrected chi connectivity index (χ4v) is 4.46. The SMILES string of the molecule is C=C(CC=O)S/C=C\C.CCCN(C)C(C)CCNC.CNC1=C(C)C=C(N)C(C(=N)/C=C/c2cccc(NC=O)c2)=CC1. The number of allylic oxidation sites excluding steroid dienone is 7. The Balaban J connectivity index is 0.000000766. The van der Waals surface area contributed by atoms with Crippen molar-refractivity contribution in [2.24, 2.45) is 5.73 Å². The third-order valence-electron chi connectivity index (χ3n) is 6.64. The number of carbonyl (C=O) groups excluding carboxylic acids is 2. The van der Waals surface area contributed by atoms with Crippen LogP contribution in [0.25, 0.3) is 6.08 Å². The van der Waals surface area contributed by atoms with Gasteiger partial charge in [-0.1, -0.05) is 43.9 Å². The molecular weight excluding hydrogens is 568 g/mol. The molecule has 242 valence electrons. The lowest BCUT2D eigenvalue weighted by atomic mass is 10.0. The first-order valence-electron chi connectivity index (χ1n) is 14.9. The van der Waals surface area contributed by atoms with Crippen LogP contribution in [-0.2, 0) is 9.59 Å². The molecule has 8 nitrogen and oxygen atoms in total. The molecule has 1 aromatic carbocycles. The molecule has 1 aliphatic rings. The quantitative estimate of drug-likeness (QED) is 0.104. The fraction of sp³-hybridized carbons (Fsp3) is 0.400. The number of benzene rings is 1. The topological polar surface area (TPSA) is 123 Å². The first kappa shape index (κ1) is 40.3. The standard InChI is InChI=1S/C19H22N4O.C9H22N2.C7H10OS/c1-13-10-18(21)16(7-9-19(13)22-2)17(20)8-6-14-4-3-5-15(11-14)23-12-24;1-5-8-11(4)9(2)6-7-10-3;1-3-6-9-7(2)4-5-8/h3-8,10-12,20,22H,9,21H2,1-2H3,(H,23,24);9-10H,5-8H2,1-4H3;3,5-6H,2,4H2,1H3/b8-6+,20-17?;;6-3-. The maximum Gasteiger partial charge on any atom is 0.211 e. The van der Waals surface area contributed by atoms with Gasteiger partial charge in [0.15, 0.2) is 0 Å². The maximum atomic E-state index is 10.5. The number of nitrogens with two attached hydrogens (primary N) is 1. The molecular formula is C35H54N6O2S. The fourth-order valence-electron chi connectivity index (χ4n) is 3.97. The van der Waals surface area contributed by atoms with Gasteiger partial charge in [0.2, 0.25) is 6.41 Å². The maximum absolute atomic E-state index is 10.5. The molecule has 1 unspecified atom stereocenters. The molecule has 0 aromatic heterocycles. The Morgan fingerprint density at radius 3 is 2.59 bits per heavy atom. The summed E-state index contributed by atoms with van der Waals surface area (Å²) in [4.78, 5) is 23.7. The van der Waals surface area contributed by atoms with Gasteiger partial charge in [0, 0.05) is 48.6 Å². The molecule has 44 heavy (non-hydrogen) atoms. The van der Waals surface area contributed by atoms with Crippen LogP contribution in [-0.4, -0.2) is 63.6 Å².